The molecule has 1 aromatic carbocycles. The van der Waals surface area contributed by atoms with Gasteiger partial charge in [0.1, 0.15) is 5.75 Å². The lowest BCUT2D eigenvalue weighted by Gasteiger charge is -2.27. The van der Waals surface area contributed by atoms with Crippen molar-refractivity contribution in [3.8, 4) is 5.75 Å². The number of hydrogen-bond donors (Lipinski definition) is 1. The van der Waals surface area contributed by atoms with E-state index in [4.69, 9.17) is 10.5 Å². The molecule has 2 unspecified atom stereocenters. The van der Waals surface area contributed by atoms with Gasteiger partial charge in [-0.1, -0.05) is 24.3 Å². The van der Waals surface area contributed by atoms with E-state index in [1.165, 1.54) is 10.4 Å². The molecule has 2 N–H and O–H groups in total. The summed E-state index contributed by atoms with van der Waals surface area (Å²) in [5, 5.41) is 2.09. The van der Waals surface area contributed by atoms with Crippen LogP contribution in [0.5, 0.6) is 5.75 Å². The molecule has 0 spiro atoms. The molecule has 0 bridgehead atoms. The van der Waals surface area contributed by atoms with Crippen molar-refractivity contribution in [3.05, 3.63) is 52.2 Å². The number of benzene rings is 1. The highest BCUT2D eigenvalue weighted by molar-refractivity contribution is 7.10. The minimum atomic E-state index is 0.140. The highest BCUT2D eigenvalue weighted by Gasteiger charge is 2.23. The van der Waals surface area contributed by atoms with E-state index in [1.807, 2.05) is 6.07 Å². The largest absolute Gasteiger partial charge is 0.493 e. The summed E-state index contributed by atoms with van der Waals surface area (Å²) in [5.41, 5.74) is 7.61. The fourth-order valence-corrected chi connectivity index (χ4v) is 3.33. The van der Waals surface area contributed by atoms with E-state index in [2.05, 4.69) is 35.7 Å². The quantitative estimate of drug-likeness (QED) is 0.912. The molecule has 0 saturated heterocycles. The highest BCUT2D eigenvalue weighted by atomic mass is 32.1. The van der Waals surface area contributed by atoms with Gasteiger partial charge in [0.2, 0.25) is 0 Å². The molecule has 0 amide bonds. The second kappa shape index (κ2) is 5.12. The van der Waals surface area contributed by atoms with E-state index in [0.29, 0.717) is 5.92 Å². The molecule has 2 heterocycles. The van der Waals surface area contributed by atoms with Crippen molar-refractivity contribution in [1.29, 1.82) is 0 Å². The molecular formula is C15H17NOS. The van der Waals surface area contributed by atoms with Gasteiger partial charge in [0, 0.05) is 10.9 Å². The SMILES string of the molecule is NC(CC1CCOc2ccccc21)c1cccs1. The van der Waals surface area contributed by atoms with Crippen LogP contribution in [-0.2, 0) is 0 Å². The zero-order chi connectivity index (χ0) is 12.4. The van der Waals surface area contributed by atoms with Gasteiger partial charge in [-0.2, -0.15) is 0 Å². The van der Waals surface area contributed by atoms with Gasteiger partial charge >= 0.3 is 0 Å². The molecule has 1 aromatic heterocycles. The first-order valence-electron chi connectivity index (χ1n) is 6.35. The zero-order valence-corrected chi connectivity index (χ0v) is 11.0. The maximum Gasteiger partial charge on any atom is 0.122 e. The monoisotopic (exact) mass is 259 g/mol. The average molecular weight is 259 g/mol. The molecule has 2 aromatic rings. The van der Waals surface area contributed by atoms with Gasteiger partial charge in [0.15, 0.2) is 0 Å². The normalized spacial score (nSPS) is 19.9. The van der Waals surface area contributed by atoms with Crippen molar-refractivity contribution < 1.29 is 4.74 Å². The Morgan fingerprint density at radius 3 is 3.00 bits per heavy atom. The van der Waals surface area contributed by atoms with E-state index in [0.717, 1.165) is 25.2 Å². The van der Waals surface area contributed by atoms with Crippen molar-refractivity contribution in [3.63, 3.8) is 0 Å². The molecule has 0 fully saturated rings. The van der Waals surface area contributed by atoms with Crippen LogP contribution in [-0.4, -0.2) is 6.61 Å². The van der Waals surface area contributed by atoms with Crippen LogP contribution in [0, 0.1) is 0 Å². The van der Waals surface area contributed by atoms with Crippen LogP contribution in [0.15, 0.2) is 41.8 Å². The van der Waals surface area contributed by atoms with Gasteiger partial charge in [-0.3, -0.25) is 0 Å². The number of thiophene rings is 1. The van der Waals surface area contributed by atoms with Crippen LogP contribution in [0.1, 0.15) is 35.2 Å². The molecule has 94 valence electrons. The van der Waals surface area contributed by atoms with Crippen molar-refractivity contribution >= 4 is 11.3 Å². The third-order valence-electron chi connectivity index (χ3n) is 3.53. The van der Waals surface area contributed by atoms with Gasteiger partial charge in [-0.25, -0.2) is 0 Å². The number of hydrogen-bond acceptors (Lipinski definition) is 3. The van der Waals surface area contributed by atoms with Crippen LogP contribution in [0.2, 0.25) is 0 Å². The molecule has 3 rings (SSSR count). The predicted molar refractivity (Wildman–Crippen MR) is 75.2 cm³/mol. The van der Waals surface area contributed by atoms with Gasteiger partial charge in [0.05, 0.1) is 6.61 Å². The predicted octanol–water partition coefficient (Wildman–Crippen LogP) is 3.70. The smallest absolute Gasteiger partial charge is 0.122 e. The Hall–Kier alpha value is -1.32. The van der Waals surface area contributed by atoms with Crippen molar-refractivity contribution in [1.82, 2.24) is 0 Å². The maximum absolute atomic E-state index is 6.30. The molecule has 0 saturated carbocycles. The molecule has 1 aliphatic rings. The number of ether oxygens (including phenoxy) is 1. The second-order valence-electron chi connectivity index (χ2n) is 4.73. The number of fused-ring (bicyclic) bond motifs is 1. The number of rotatable bonds is 3. The van der Waals surface area contributed by atoms with Crippen LogP contribution >= 0.6 is 11.3 Å². The lowest BCUT2D eigenvalue weighted by atomic mass is 9.87. The summed E-state index contributed by atoms with van der Waals surface area (Å²) in [6.45, 7) is 0.804. The Morgan fingerprint density at radius 1 is 1.28 bits per heavy atom. The lowest BCUT2D eigenvalue weighted by molar-refractivity contribution is 0.259. The van der Waals surface area contributed by atoms with E-state index in [9.17, 15) is 0 Å². The molecule has 0 radical (unpaired) electrons. The first-order chi connectivity index (χ1) is 8.84. The lowest BCUT2D eigenvalue weighted by Crippen LogP contribution is -2.19. The maximum atomic E-state index is 6.30. The van der Waals surface area contributed by atoms with E-state index in [1.54, 1.807) is 11.3 Å². The average Bonchev–Trinajstić information content (AvgIpc) is 2.93. The summed E-state index contributed by atoms with van der Waals surface area (Å²) in [6, 6.07) is 12.7. The van der Waals surface area contributed by atoms with Crippen LogP contribution in [0.4, 0.5) is 0 Å². The Labute approximate surface area is 111 Å². The van der Waals surface area contributed by atoms with Crippen LogP contribution < -0.4 is 10.5 Å². The third-order valence-corrected chi connectivity index (χ3v) is 4.53. The summed E-state index contributed by atoms with van der Waals surface area (Å²) in [6.07, 6.45) is 2.07. The summed E-state index contributed by atoms with van der Waals surface area (Å²) in [7, 11) is 0. The Balaban J connectivity index is 1.78. The molecular weight excluding hydrogens is 242 g/mol. The summed E-state index contributed by atoms with van der Waals surface area (Å²) in [5.74, 6) is 1.55. The standard InChI is InChI=1S/C15H17NOS/c16-13(15-6-3-9-18-15)10-11-7-8-17-14-5-2-1-4-12(11)14/h1-6,9,11,13H,7-8,10,16H2. The van der Waals surface area contributed by atoms with E-state index >= 15 is 0 Å². The number of nitrogens with two attached hydrogens (primary N) is 1. The van der Waals surface area contributed by atoms with Crippen LogP contribution in [0.3, 0.4) is 0 Å². The molecule has 2 nitrogen and oxygen atoms in total. The first-order valence-corrected chi connectivity index (χ1v) is 7.23. The molecule has 1 aliphatic heterocycles. The van der Waals surface area contributed by atoms with Crippen molar-refractivity contribution in [2.45, 2.75) is 24.8 Å². The third kappa shape index (κ3) is 2.28. The zero-order valence-electron chi connectivity index (χ0n) is 10.2. The fraction of sp³-hybridized carbons (Fsp3) is 0.333. The summed E-state index contributed by atoms with van der Waals surface area (Å²) >= 11 is 1.74. The van der Waals surface area contributed by atoms with E-state index in [-0.39, 0.29) is 6.04 Å². The fourth-order valence-electron chi connectivity index (χ4n) is 2.59. The molecule has 3 heteroatoms. The van der Waals surface area contributed by atoms with Gasteiger partial charge < -0.3 is 10.5 Å². The van der Waals surface area contributed by atoms with Crippen molar-refractivity contribution in [2.24, 2.45) is 5.73 Å². The van der Waals surface area contributed by atoms with Crippen molar-refractivity contribution in [2.75, 3.05) is 6.61 Å². The second-order valence-corrected chi connectivity index (χ2v) is 5.71. The van der Waals surface area contributed by atoms with Gasteiger partial charge in [-0.15, -0.1) is 11.3 Å². The first kappa shape index (κ1) is 11.8. The number of para-hydroxylation sites is 1. The summed E-state index contributed by atoms with van der Waals surface area (Å²) in [4.78, 5) is 1.28. The van der Waals surface area contributed by atoms with Crippen LogP contribution in [0.25, 0.3) is 0 Å². The van der Waals surface area contributed by atoms with E-state index < -0.39 is 0 Å². The van der Waals surface area contributed by atoms with Gasteiger partial charge in [0.25, 0.3) is 0 Å². The summed E-state index contributed by atoms with van der Waals surface area (Å²) < 4.78 is 5.69. The van der Waals surface area contributed by atoms with Gasteiger partial charge in [-0.05, 0) is 41.8 Å². The Kier molecular flexibility index (Phi) is 3.35. The molecule has 2 atom stereocenters. The molecule has 18 heavy (non-hydrogen) atoms. The minimum Gasteiger partial charge on any atom is -0.493 e. The highest BCUT2D eigenvalue weighted by Crippen LogP contribution is 2.38. The Bertz CT molecular complexity index is 509. The topological polar surface area (TPSA) is 35.2 Å². The Morgan fingerprint density at radius 2 is 2.17 bits per heavy atom. The molecule has 0 aliphatic carbocycles. The minimum absolute atomic E-state index is 0.140.